The maximum Gasteiger partial charge on any atom is 0.159 e. The summed E-state index contributed by atoms with van der Waals surface area (Å²) in [6.45, 7) is 8.29. The molecule has 0 aliphatic heterocycles. The number of aliphatic hydroxyl groups is 1. The molecular formula is C31H40O3. The number of hydrogen-bond donors (Lipinski definition) is 1. The van der Waals surface area contributed by atoms with E-state index < -0.39 is 5.60 Å². The average molecular weight is 461 g/mol. The molecule has 1 aromatic rings. The van der Waals surface area contributed by atoms with E-state index in [1.54, 1.807) is 6.92 Å². The summed E-state index contributed by atoms with van der Waals surface area (Å²) >= 11 is 0. The number of hydrogen-bond acceptors (Lipinski definition) is 3. The molecule has 182 valence electrons. The molecule has 3 heteroatoms. The fourth-order valence-electron chi connectivity index (χ4n) is 9.03. The molecule has 8 atom stereocenters. The lowest BCUT2D eigenvalue weighted by Crippen LogP contribution is -2.56. The van der Waals surface area contributed by atoms with Crippen molar-refractivity contribution in [3.8, 4) is 11.8 Å². The lowest BCUT2D eigenvalue weighted by molar-refractivity contribution is -0.144. The molecule has 1 N–H and O–H groups in total. The number of Topliss-reactive ketones (excluding diaryl/α,β-unsaturated/α-hetero) is 2. The van der Waals surface area contributed by atoms with Gasteiger partial charge >= 0.3 is 0 Å². The highest BCUT2D eigenvalue weighted by atomic mass is 16.3. The number of rotatable bonds is 2. The van der Waals surface area contributed by atoms with Crippen LogP contribution in [-0.4, -0.2) is 22.3 Å². The highest BCUT2D eigenvalue weighted by molar-refractivity contribution is 5.94. The van der Waals surface area contributed by atoms with Crippen LogP contribution in [0.1, 0.15) is 101 Å². The van der Waals surface area contributed by atoms with Gasteiger partial charge in [-0.3, -0.25) is 9.59 Å². The van der Waals surface area contributed by atoms with Crippen molar-refractivity contribution in [3.05, 3.63) is 35.4 Å². The fourth-order valence-corrected chi connectivity index (χ4v) is 9.03. The summed E-state index contributed by atoms with van der Waals surface area (Å²) in [5.41, 5.74) is 0.981. The molecule has 0 aromatic heterocycles. The van der Waals surface area contributed by atoms with E-state index in [4.69, 9.17) is 0 Å². The highest BCUT2D eigenvalue weighted by Crippen LogP contribution is 2.68. The van der Waals surface area contributed by atoms with Crippen molar-refractivity contribution in [2.75, 3.05) is 0 Å². The van der Waals surface area contributed by atoms with Crippen LogP contribution in [0.25, 0.3) is 0 Å². The van der Waals surface area contributed by atoms with Gasteiger partial charge in [0.2, 0.25) is 0 Å². The van der Waals surface area contributed by atoms with E-state index >= 15 is 0 Å². The smallest absolute Gasteiger partial charge is 0.159 e. The van der Waals surface area contributed by atoms with Gasteiger partial charge in [-0.1, -0.05) is 37.8 Å². The molecule has 0 spiro atoms. The summed E-state index contributed by atoms with van der Waals surface area (Å²) in [6.07, 6.45) is 9.62. The molecule has 2 unspecified atom stereocenters. The van der Waals surface area contributed by atoms with E-state index in [1.165, 1.54) is 32.1 Å². The van der Waals surface area contributed by atoms with Crippen LogP contribution in [0.3, 0.4) is 0 Å². The van der Waals surface area contributed by atoms with Gasteiger partial charge in [0, 0.05) is 17.0 Å². The Morgan fingerprint density at radius 1 is 0.941 bits per heavy atom. The first-order valence-corrected chi connectivity index (χ1v) is 13.4. The number of carbonyl (C=O) groups is 2. The van der Waals surface area contributed by atoms with E-state index in [1.807, 2.05) is 31.2 Å². The minimum atomic E-state index is -0.945. The lowest BCUT2D eigenvalue weighted by Gasteiger charge is -2.61. The predicted octanol–water partition coefficient (Wildman–Crippen LogP) is 6.22. The molecule has 4 saturated carbocycles. The Morgan fingerprint density at radius 3 is 2.44 bits per heavy atom. The van der Waals surface area contributed by atoms with Crippen molar-refractivity contribution in [2.45, 2.75) is 91.1 Å². The monoisotopic (exact) mass is 460 g/mol. The summed E-state index contributed by atoms with van der Waals surface area (Å²) in [6, 6.07) is 7.41. The Bertz CT molecular complexity index is 1060. The molecule has 34 heavy (non-hydrogen) atoms. The van der Waals surface area contributed by atoms with Crippen LogP contribution in [-0.2, 0) is 4.79 Å². The van der Waals surface area contributed by atoms with Crippen molar-refractivity contribution in [2.24, 2.45) is 40.4 Å². The fraction of sp³-hybridized carbons (Fsp3) is 0.677. The summed E-state index contributed by atoms with van der Waals surface area (Å²) in [5, 5.41) is 11.5. The summed E-state index contributed by atoms with van der Waals surface area (Å²) < 4.78 is 0. The highest BCUT2D eigenvalue weighted by Gasteiger charge is 2.61. The number of benzene rings is 1. The van der Waals surface area contributed by atoms with Crippen molar-refractivity contribution >= 4 is 11.6 Å². The lowest BCUT2D eigenvalue weighted by atomic mass is 9.44. The van der Waals surface area contributed by atoms with Crippen LogP contribution < -0.4 is 0 Å². The largest absolute Gasteiger partial charge is 0.378 e. The second-order valence-corrected chi connectivity index (χ2v) is 12.6. The zero-order valence-electron chi connectivity index (χ0n) is 21.3. The molecule has 0 heterocycles. The molecule has 4 aliphatic carbocycles. The molecule has 0 amide bonds. The van der Waals surface area contributed by atoms with Crippen LogP contribution in [0.5, 0.6) is 0 Å². The van der Waals surface area contributed by atoms with Gasteiger partial charge in [-0.05, 0) is 118 Å². The van der Waals surface area contributed by atoms with E-state index in [9.17, 15) is 14.7 Å². The van der Waals surface area contributed by atoms with Gasteiger partial charge in [-0.2, -0.15) is 0 Å². The number of fused-ring (bicyclic) bond motifs is 5. The van der Waals surface area contributed by atoms with E-state index in [-0.39, 0.29) is 22.5 Å². The van der Waals surface area contributed by atoms with Gasteiger partial charge in [0.05, 0.1) is 0 Å². The van der Waals surface area contributed by atoms with Crippen molar-refractivity contribution < 1.29 is 14.7 Å². The maximum atomic E-state index is 12.4. The van der Waals surface area contributed by atoms with Crippen molar-refractivity contribution in [1.29, 1.82) is 0 Å². The first kappa shape index (κ1) is 23.8. The van der Waals surface area contributed by atoms with Crippen LogP contribution in [0.4, 0.5) is 0 Å². The Hall–Kier alpha value is -1.92. The maximum absolute atomic E-state index is 12.4. The average Bonchev–Trinajstić information content (AvgIpc) is 3.16. The van der Waals surface area contributed by atoms with Gasteiger partial charge in [-0.25, -0.2) is 0 Å². The summed E-state index contributed by atoms with van der Waals surface area (Å²) in [4.78, 5) is 24.1. The third-order valence-corrected chi connectivity index (χ3v) is 10.9. The minimum absolute atomic E-state index is 0.0352. The van der Waals surface area contributed by atoms with Gasteiger partial charge in [0.1, 0.15) is 11.4 Å². The Kier molecular flexibility index (Phi) is 5.84. The van der Waals surface area contributed by atoms with Gasteiger partial charge < -0.3 is 5.11 Å². The van der Waals surface area contributed by atoms with Crippen molar-refractivity contribution in [3.63, 3.8) is 0 Å². The van der Waals surface area contributed by atoms with Gasteiger partial charge in [0.25, 0.3) is 0 Å². The SMILES string of the molecule is CC(=O)c1cccc(C#CC2(O)CC[C@@]3(C)C(CC[C@H]4[C@@H]5CC[C@H](C(C)=O)[C@@]5(C)CC[C@@H]43)C2)c1. The zero-order chi connectivity index (χ0) is 24.3. The summed E-state index contributed by atoms with van der Waals surface area (Å²) in [7, 11) is 0. The molecule has 4 fully saturated rings. The third kappa shape index (κ3) is 3.78. The minimum Gasteiger partial charge on any atom is -0.378 e. The molecular weight excluding hydrogens is 420 g/mol. The van der Waals surface area contributed by atoms with Gasteiger partial charge in [-0.15, -0.1) is 0 Å². The second-order valence-electron chi connectivity index (χ2n) is 12.6. The second kappa shape index (κ2) is 8.34. The van der Waals surface area contributed by atoms with E-state index in [2.05, 4.69) is 25.7 Å². The van der Waals surface area contributed by atoms with Crippen LogP contribution in [0.15, 0.2) is 24.3 Å². The molecule has 0 radical (unpaired) electrons. The standard InChI is InChI=1S/C31H40O3/c1-20(32)23-7-5-6-22(18-23)12-15-31(34)17-16-29(3)24(19-31)8-9-25-27-11-10-26(21(2)33)30(27,4)14-13-28(25)29/h5-7,18,24-28,34H,8-11,13-14,16-17,19H2,1-4H3/t24?,25-,26+,27-,28-,29-,30+,31?/m0/s1. The Balaban J connectivity index is 1.34. The molecule has 5 rings (SSSR count). The van der Waals surface area contributed by atoms with Crippen LogP contribution >= 0.6 is 0 Å². The topological polar surface area (TPSA) is 54.4 Å². The number of carbonyl (C=O) groups excluding carboxylic acids is 2. The molecule has 0 bridgehead atoms. The predicted molar refractivity (Wildman–Crippen MR) is 134 cm³/mol. The number of ketones is 2. The normalized spacial score (nSPS) is 43.0. The van der Waals surface area contributed by atoms with E-state index in [0.717, 1.165) is 37.2 Å². The molecule has 1 aromatic carbocycles. The quantitative estimate of drug-likeness (QED) is 0.421. The van der Waals surface area contributed by atoms with Crippen LogP contribution in [0.2, 0.25) is 0 Å². The first-order chi connectivity index (χ1) is 16.1. The van der Waals surface area contributed by atoms with Gasteiger partial charge in [0.15, 0.2) is 5.78 Å². The first-order valence-electron chi connectivity index (χ1n) is 13.4. The molecule has 3 nitrogen and oxygen atoms in total. The third-order valence-electron chi connectivity index (χ3n) is 10.9. The Labute approximate surface area is 205 Å². The zero-order valence-corrected chi connectivity index (χ0v) is 21.3. The Morgan fingerprint density at radius 2 is 1.71 bits per heavy atom. The van der Waals surface area contributed by atoms with E-state index in [0.29, 0.717) is 29.1 Å². The van der Waals surface area contributed by atoms with Crippen molar-refractivity contribution in [1.82, 2.24) is 0 Å². The van der Waals surface area contributed by atoms with Crippen LogP contribution in [0, 0.1) is 52.3 Å². The molecule has 4 aliphatic rings. The summed E-state index contributed by atoms with van der Waals surface area (Å²) in [5.74, 6) is 9.73. The molecule has 0 saturated heterocycles.